The highest BCUT2D eigenvalue weighted by Gasteiger charge is 2.23. The molecule has 8 nitrogen and oxygen atoms in total. The van der Waals surface area contributed by atoms with E-state index in [9.17, 15) is 9.59 Å². The first-order chi connectivity index (χ1) is 15.1. The van der Waals surface area contributed by atoms with Gasteiger partial charge in [0.2, 0.25) is 5.91 Å². The Balaban J connectivity index is 1.45. The zero-order chi connectivity index (χ0) is 21.8. The Morgan fingerprint density at radius 2 is 2.03 bits per heavy atom. The Morgan fingerprint density at radius 3 is 2.81 bits per heavy atom. The normalized spacial score (nSPS) is 15.8. The molecular formula is C23H28N6O2. The van der Waals surface area contributed by atoms with E-state index in [2.05, 4.69) is 27.8 Å². The van der Waals surface area contributed by atoms with E-state index in [0.29, 0.717) is 6.42 Å². The maximum absolute atomic E-state index is 12.8. The van der Waals surface area contributed by atoms with Gasteiger partial charge in [0.05, 0.1) is 12.1 Å². The number of aromatic nitrogens is 3. The van der Waals surface area contributed by atoms with Crippen LogP contribution in [0.15, 0.2) is 48.7 Å². The van der Waals surface area contributed by atoms with Gasteiger partial charge >= 0.3 is 6.03 Å². The molecule has 162 valence electrons. The number of carbonyl (C=O) groups excluding carboxylic acids is 2. The van der Waals surface area contributed by atoms with Gasteiger partial charge in [-0.1, -0.05) is 31.5 Å². The van der Waals surface area contributed by atoms with Gasteiger partial charge in [-0.2, -0.15) is 0 Å². The molecule has 1 aliphatic rings. The fourth-order valence-corrected chi connectivity index (χ4v) is 4.02. The van der Waals surface area contributed by atoms with Crippen molar-refractivity contribution in [1.29, 1.82) is 0 Å². The lowest BCUT2D eigenvalue weighted by molar-refractivity contribution is -0.117. The number of amides is 3. The number of urea groups is 1. The van der Waals surface area contributed by atoms with Gasteiger partial charge in [-0.3, -0.25) is 9.20 Å². The Kier molecular flexibility index (Phi) is 6.16. The van der Waals surface area contributed by atoms with Crippen LogP contribution in [0, 0.1) is 0 Å². The molecule has 1 aliphatic heterocycles. The molecule has 0 bridgehead atoms. The molecule has 3 amide bonds. The minimum Gasteiger partial charge on any atom is -0.332 e. The number of anilines is 1. The van der Waals surface area contributed by atoms with Crippen LogP contribution in [0.5, 0.6) is 0 Å². The monoisotopic (exact) mass is 420 g/mol. The first kappa shape index (κ1) is 20.8. The standard InChI is InChI=1S/C23H28N6O2/c1-3-8-19(22-27-26-20-11-4-5-13-29(20)22)25-23(31)24-16(2)17-9-6-10-18(15-17)28-14-7-12-21(28)30/h4-6,9-11,13,15-16,19H,3,7-8,12,14H2,1-2H3,(H2,24,25,31). The van der Waals surface area contributed by atoms with Crippen molar-refractivity contribution in [3.8, 4) is 0 Å². The van der Waals surface area contributed by atoms with Gasteiger partial charge in [-0.25, -0.2) is 4.79 Å². The van der Waals surface area contributed by atoms with Crippen LogP contribution in [0.4, 0.5) is 10.5 Å². The maximum Gasteiger partial charge on any atom is 0.315 e. The molecule has 3 aromatic rings. The fraction of sp³-hybridized carbons (Fsp3) is 0.391. The molecule has 0 saturated carbocycles. The molecule has 1 aromatic carbocycles. The third-order valence-corrected chi connectivity index (χ3v) is 5.64. The lowest BCUT2D eigenvalue weighted by Gasteiger charge is -2.21. The lowest BCUT2D eigenvalue weighted by atomic mass is 10.1. The van der Waals surface area contributed by atoms with Gasteiger partial charge in [0.15, 0.2) is 11.5 Å². The highest BCUT2D eigenvalue weighted by Crippen LogP contribution is 2.25. The summed E-state index contributed by atoms with van der Waals surface area (Å²) in [4.78, 5) is 26.7. The van der Waals surface area contributed by atoms with Crippen LogP contribution >= 0.6 is 0 Å². The zero-order valence-electron chi connectivity index (χ0n) is 17.9. The molecule has 31 heavy (non-hydrogen) atoms. The van der Waals surface area contributed by atoms with Gasteiger partial charge in [0.25, 0.3) is 0 Å². The molecule has 4 rings (SSSR count). The Morgan fingerprint density at radius 1 is 1.16 bits per heavy atom. The van der Waals surface area contributed by atoms with Crippen LogP contribution in [-0.2, 0) is 4.79 Å². The molecule has 2 N–H and O–H groups in total. The first-order valence-corrected chi connectivity index (χ1v) is 10.8. The number of hydrogen-bond donors (Lipinski definition) is 2. The van der Waals surface area contributed by atoms with Crippen LogP contribution < -0.4 is 15.5 Å². The van der Waals surface area contributed by atoms with E-state index in [-0.39, 0.29) is 24.0 Å². The van der Waals surface area contributed by atoms with E-state index < -0.39 is 0 Å². The third kappa shape index (κ3) is 4.52. The zero-order valence-corrected chi connectivity index (χ0v) is 17.9. The van der Waals surface area contributed by atoms with E-state index in [0.717, 1.165) is 48.5 Å². The van der Waals surface area contributed by atoms with Crippen molar-refractivity contribution in [1.82, 2.24) is 25.2 Å². The highest BCUT2D eigenvalue weighted by molar-refractivity contribution is 5.95. The van der Waals surface area contributed by atoms with E-state index in [1.54, 1.807) is 0 Å². The van der Waals surface area contributed by atoms with Crippen LogP contribution in [-0.4, -0.2) is 33.1 Å². The summed E-state index contributed by atoms with van der Waals surface area (Å²) >= 11 is 0. The van der Waals surface area contributed by atoms with E-state index in [4.69, 9.17) is 0 Å². The average Bonchev–Trinajstić information content (AvgIpc) is 3.39. The van der Waals surface area contributed by atoms with Crippen molar-refractivity contribution < 1.29 is 9.59 Å². The number of benzene rings is 1. The number of nitrogens with one attached hydrogen (secondary N) is 2. The second kappa shape index (κ2) is 9.16. The molecule has 3 heterocycles. The van der Waals surface area contributed by atoms with Crippen LogP contribution in [0.2, 0.25) is 0 Å². The lowest BCUT2D eigenvalue weighted by Crippen LogP contribution is -2.39. The molecule has 2 atom stereocenters. The smallest absolute Gasteiger partial charge is 0.315 e. The molecule has 2 unspecified atom stereocenters. The number of carbonyl (C=O) groups is 2. The van der Waals surface area contributed by atoms with Gasteiger partial charge in [-0.05, 0) is 49.6 Å². The second-order valence-corrected chi connectivity index (χ2v) is 7.91. The SMILES string of the molecule is CCCC(NC(=O)NC(C)c1cccc(N2CCCC2=O)c1)c1nnc2ccccn12. The first-order valence-electron chi connectivity index (χ1n) is 10.8. The number of hydrogen-bond acceptors (Lipinski definition) is 4. The molecule has 0 radical (unpaired) electrons. The molecule has 2 aromatic heterocycles. The highest BCUT2D eigenvalue weighted by atomic mass is 16.2. The average molecular weight is 421 g/mol. The topological polar surface area (TPSA) is 91.6 Å². The Bertz CT molecular complexity index is 1080. The number of fused-ring (bicyclic) bond motifs is 1. The largest absolute Gasteiger partial charge is 0.332 e. The van der Waals surface area contributed by atoms with E-state index in [1.807, 2.05) is 64.9 Å². The number of pyridine rings is 1. The minimum atomic E-state index is -0.263. The van der Waals surface area contributed by atoms with Gasteiger partial charge in [0.1, 0.15) is 0 Å². The molecular weight excluding hydrogens is 392 g/mol. The molecule has 0 spiro atoms. The fourth-order valence-electron chi connectivity index (χ4n) is 4.02. The molecule has 1 saturated heterocycles. The van der Waals surface area contributed by atoms with Crippen LogP contribution in [0.1, 0.15) is 63.0 Å². The molecule has 1 fully saturated rings. The predicted octanol–water partition coefficient (Wildman–Crippen LogP) is 3.76. The summed E-state index contributed by atoms with van der Waals surface area (Å²) in [6.07, 6.45) is 5.03. The van der Waals surface area contributed by atoms with E-state index >= 15 is 0 Å². The summed E-state index contributed by atoms with van der Waals surface area (Å²) in [6, 6.07) is 12.8. The van der Waals surface area contributed by atoms with E-state index in [1.165, 1.54) is 0 Å². The summed E-state index contributed by atoms with van der Waals surface area (Å²) in [5.41, 5.74) is 2.59. The quantitative estimate of drug-likeness (QED) is 0.609. The summed E-state index contributed by atoms with van der Waals surface area (Å²) in [5.74, 6) is 0.869. The molecule has 8 heteroatoms. The van der Waals surface area contributed by atoms with Crippen molar-refractivity contribution in [2.75, 3.05) is 11.4 Å². The van der Waals surface area contributed by atoms with Crippen molar-refractivity contribution >= 4 is 23.3 Å². The predicted molar refractivity (Wildman–Crippen MR) is 119 cm³/mol. The van der Waals surface area contributed by atoms with Gasteiger partial charge < -0.3 is 15.5 Å². The van der Waals surface area contributed by atoms with Crippen molar-refractivity contribution in [3.05, 3.63) is 60.0 Å². The van der Waals surface area contributed by atoms with Crippen molar-refractivity contribution in [2.24, 2.45) is 0 Å². The summed E-state index contributed by atoms with van der Waals surface area (Å²) in [7, 11) is 0. The van der Waals surface area contributed by atoms with Crippen LogP contribution in [0.3, 0.4) is 0 Å². The minimum absolute atomic E-state index is 0.151. The summed E-state index contributed by atoms with van der Waals surface area (Å²) in [6.45, 7) is 4.75. The maximum atomic E-state index is 12.8. The summed E-state index contributed by atoms with van der Waals surface area (Å²) in [5, 5.41) is 14.6. The number of nitrogens with zero attached hydrogens (tertiary/aromatic N) is 4. The Labute approximate surface area is 181 Å². The molecule has 0 aliphatic carbocycles. The third-order valence-electron chi connectivity index (χ3n) is 5.64. The second-order valence-electron chi connectivity index (χ2n) is 7.91. The van der Waals surface area contributed by atoms with Crippen molar-refractivity contribution in [3.63, 3.8) is 0 Å². The number of rotatable bonds is 7. The van der Waals surface area contributed by atoms with Gasteiger partial charge in [-0.15, -0.1) is 10.2 Å². The van der Waals surface area contributed by atoms with Gasteiger partial charge in [0, 0.05) is 24.8 Å². The van der Waals surface area contributed by atoms with Crippen LogP contribution in [0.25, 0.3) is 5.65 Å². The van der Waals surface area contributed by atoms with Crippen molar-refractivity contribution in [2.45, 2.75) is 51.6 Å². The summed E-state index contributed by atoms with van der Waals surface area (Å²) < 4.78 is 1.90. The Hall–Kier alpha value is -3.42.